The number of piperidine rings is 1. The van der Waals surface area contributed by atoms with E-state index < -0.39 is 0 Å². The first-order valence-corrected chi connectivity index (χ1v) is 7.94. The van der Waals surface area contributed by atoms with E-state index in [1.807, 2.05) is 24.3 Å². The fourth-order valence-corrected chi connectivity index (χ4v) is 2.57. The number of nitrogens with zero attached hydrogens (tertiary/aromatic N) is 1. The number of para-hydroxylation sites is 2. The lowest BCUT2D eigenvalue weighted by Gasteiger charge is -2.29. The maximum Gasteiger partial charge on any atom is 0.234 e. The van der Waals surface area contributed by atoms with Gasteiger partial charge in [0.15, 0.2) is 11.5 Å². The molecular formula is C17H26N2O3. The van der Waals surface area contributed by atoms with Gasteiger partial charge in [0.1, 0.15) is 6.61 Å². The largest absolute Gasteiger partial charge is 0.493 e. The van der Waals surface area contributed by atoms with Crippen LogP contribution in [-0.4, -0.2) is 50.7 Å². The molecule has 122 valence electrons. The molecule has 1 aliphatic heterocycles. The van der Waals surface area contributed by atoms with Crippen LogP contribution >= 0.6 is 0 Å². The molecule has 5 nitrogen and oxygen atoms in total. The zero-order valence-electron chi connectivity index (χ0n) is 13.5. The normalized spacial score (nSPS) is 16.3. The minimum absolute atomic E-state index is 0.0678. The molecule has 0 spiro atoms. The summed E-state index contributed by atoms with van der Waals surface area (Å²) in [5, 5.41) is 2.90. The van der Waals surface area contributed by atoms with Gasteiger partial charge in [0.05, 0.1) is 20.2 Å². The molecule has 22 heavy (non-hydrogen) atoms. The Morgan fingerprint density at radius 3 is 2.64 bits per heavy atom. The lowest BCUT2D eigenvalue weighted by Crippen LogP contribution is -2.42. The third-order valence-corrected chi connectivity index (χ3v) is 3.99. The van der Waals surface area contributed by atoms with Gasteiger partial charge >= 0.3 is 0 Å². The van der Waals surface area contributed by atoms with E-state index >= 15 is 0 Å². The molecule has 1 saturated heterocycles. The van der Waals surface area contributed by atoms with Crippen molar-refractivity contribution >= 4 is 5.91 Å². The number of methoxy groups -OCH3 is 1. The Labute approximate surface area is 132 Å². The van der Waals surface area contributed by atoms with Crippen LogP contribution < -0.4 is 14.8 Å². The molecule has 1 N–H and O–H groups in total. The number of hydrogen-bond donors (Lipinski definition) is 1. The molecule has 0 atom stereocenters. The van der Waals surface area contributed by atoms with Gasteiger partial charge in [-0.15, -0.1) is 0 Å². The van der Waals surface area contributed by atoms with Gasteiger partial charge in [0.2, 0.25) is 5.91 Å². The number of benzene rings is 1. The molecule has 0 aromatic heterocycles. The van der Waals surface area contributed by atoms with E-state index in [9.17, 15) is 4.79 Å². The highest BCUT2D eigenvalue weighted by Crippen LogP contribution is 2.25. The molecule has 1 amide bonds. The second kappa shape index (κ2) is 8.63. The second-order valence-corrected chi connectivity index (χ2v) is 5.81. The molecule has 0 radical (unpaired) electrons. The van der Waals surface area contributed by atoms with Gasteiger partial charge in [-0.3, -0.25) is 9.69 Å². The summed E-state index contributed by atoms with van der Waals surface area (Å²) in [6, 6.07) is 7.50. The first-order chi connectivity index (χ1) is 10.7. The van der Waals surface area contributed by atoms with Crippen molar-refractivity contribution in [2.45, 2.75) is 19.8 Å². The van der Waals surface area contributed by atoms with Crippen LogP contribution in [0.4, 0.5) is 0 Å². The molecule has 5 heteroatoms. The summed E-state index contributed by atoms with van der Waals surface area (Å²) in [6.07, 6.45) is 2.37. The predicted octanol–water partition coefficient (Wildman–Crippen LogP) is 1.92. The van der Waals surface area contributed by atoms with E-state index in [4.69, 9.17) is 9.47 Å². The minimum Gasteiger partial charge on any atom is -0.493 e. The van der Waals surface area contributed by atoms with E-state index in [0.29, 0.717) is 31.2 Å². The zero-order chi connectivity index (χ0) is 15.8. The van der Waals surface area contributed by atoms with Crippen molar-refractivity contribution in [3.8, 4) is 11.5 Å². The van der Waals surface area contributed by atoms with Crippen molar-refractivity contribution in [3.05, 3.63) is 24.3 Å². The third-order valence-electron chi connectivity index (χ3n) is 3.99. The Balaban J connectivity index is 1.63. The van der Waals surface area contributed by atoms with Gasteiger partial charge in [-0.2, -0.15) is 0 Å². The summed E-state index contributed by atoms with van der Waals surface area (Å²) < 4.78 is 10.8. The Hall–Kier alpha value is -1.75. The Morgan fingerprint density at radius 2 is 1.95 bits per heavy atom. The van der Waals surface area contributed by atoms with E-state index in [-0.39, 0.29) is 5.91 Å². The molecule has 0 bridgehead atoms. The zero-order valence-corrected chi connectivity index (χ0v) is 13.5. The number of carbonyl (C=O) groups excluding carboxylic acids is 1. The number of likely N-dealkylation sites (tertiary alicyclic amines) is 1. The van der Waals surface area contributed by atoms with Crippen LogP contribution in [0.5, 0.6) is 11.5 Å². The number of ether oxygens (including phenoxy) is 2. The van der Waals surface area contributed by atoms with Crippen LogP contribution in [0.2, 0.25) is 0 Å². The first-order valence-electron chi connectivity index (χ1n) is 7.94. The monoisotopic (exact) mass is 306 g/mol. The highest BCUT2D eigenvalue weighted by Gasteiger charge is 2.17. The molecule has 0 aliphatic carbocycles. The second-order valence-electron chi connectivity index (χ2n) is 5.81. The highest BCUT2D eigenvalue weighted by atomic mass is 16.5. The highest BCUT2D eigenvalue weighted by molar-refractivity contribution is 5.78. The maximum absolute atomic E-state index is 11.9. The molecular weight excluding hydrogens is 280 g/mol. The molecule has 1 aromatic carbocycles. The van der Waals surface area contributed by atoms with Crippen molar-refractivity contribution in [2.24, 2.45) is 5.92 Å². The summed E-state index contributed by atoms with van der Waals surface area (Å²) in [5.74, 6) is 2.26. The summed E-state index contributed by atoms with van der Waals surface area (Å²) in [6.45, 7) is 5.73. The third kappa shape index (κ3) is 5.22. The van der Waals surface area contributed by atoms with Crippen molar-refractivity contribution in [1.82, 2.24) is 10.2 Å². The lowest BCUT2D eigenvalue weighted by atomic mass is 9.99. The molecule has 1 heterocycles. The lowest BCUT2D eigenvalue weighted by molar-refractivity contribution is -0.122. The number of rotatable bonds is 7. The molecule has 0 saturated carbocycles. The fourth-order valence-electron chi connectivity index (χ4n) is 2.57. The van der Waals surface area contributed by atoms with E-state index in [1.165, 1.54) is 12.8 Å². The van der Waals surface area contributed by atoms with Crippen molar-refractivity contribution in [3.63, 3.8) is 0 Å². The summed E-state index contributed by atoms with van der Waals surface area (Å²) in [5.41, 5.74) is 0. The summed E-state index contributed by atoms with van der Waals surface area (Å²) in [4.78, 5) is 14.1. The van der Waals surface area contributed by atoms with Gasteiger partial charge in [-0.1, -0.05) is 19.1 Å². The SMILES string of the molecule is COc1ccccc1OCCNC(=O)CN1CCC(C)CC1. The Kier molecular flexibility index (Phi) is 6.52. The smallest absolute Gasteiger partial charge is 0.234 e. The molecule has 2 rings (SSSR count). The minimum atomic E-state index is 0.0678. The van der Waals surface area contributed by atoms with Crippen LogP contribution in [0, 0.1) is 5.92 Å². The van der Waals surface area contributed by atoms with Crippen LogP contribution in [0.15, 0.2) is 24.3 Å². The predicted molar refractivity (Wildman–Crippen MR) is 86.3 cm³/mol. The van der Waals surface area contributed by atoms with Crippen LogP contribution in [0.25, 0.3) is 0 Å². The van der Waals surface area contributed by atoms with Gasteiger partial charge in [0, 0.05) is 0 Å². The topological polar surface area (TPSA) is 50.8 Å². The number of hydrogen-bond acceptors (Lipinski definition) is 4. The maximum atomic E-state index is 11.9. The van der Waals surface area contributed by atoms with Gasteiger partial charge in [0.25, 0.3) is 0 Å². The van der Waals surface area contributed by atoms with E-state index in [2.05, 4.69) is 17.1 Å². The Morgan fingerprint density at radius 1 is 1.27 bits per heavy atom. The van der Waals surface area contributed by atoms with Crippen LogP contribution in [-0.2, 0) is 4.79 Å². The van der Waals surface area contributed by atoms with Crippen LogP contribution in [0.1, 0.15) is 19.8 Å². The van der Waals surface area contributed by atoms with Gasteiger partial charge in [-0.05, 0) is 44.0 Å². The van der Waals surface area contributed by atoms with Gasteiger partial charge < -0.3 is 14.8 Å². The van der Waals surface area contributed by atoms with Gasteiger partial charge in [-0.25, -0.2) is 0 Å². The van der Waals surface area contributed by atoms with E-state index in [0.717, 1.165) is 19.0 Å². The summed E-state index contributed by atoms with van der Waals surface area (Å²) >= 11 is 0. The molecule has 1 aliphatic rings. The van der Waals surface area contributed by atoms with Crippen molar-refractivity contribution < 1.29 is 14.3 Å². The van der Waals surface area contributed by atoms with E-state index in [1.54, 1.807) is 7.11 Å². The number of carbonyl (C=O) groups is 1. The molecule has 1 fully saturated rings. The number of nitrogens with one attached hydrogen (secondary N) is 1. The Bertz CT molecular complexity index is 471. The average Bonchev–Trinajstić information content (AvgIpc) is 2.54. The molecule has 0 unspecified atom stereocenters. The average molecular weight is 306 g/mol. The van der Waals surface area contributed by atoms with Crippen LogP contribution in [0.3, 0.4) is 0 Å². The van der Waals surface area contributed by atoms with Crippen molar-refractivity contribution in [2.75, 3.05) is 39.9 Å². The quantitative estimate of drug-likeness (QED) is 0.782. The summed E-state index contributed by atoms with van der Waals surface area (Å²) in [7, 11) is 1.61. The standard InChI is InChI=1S/C17H26N2O3/c1-14-7-10-19(11-8-14)13-17(20)18-9-12-22-16-6-4-3-5-15(16)21-2/h3-6,14H,7-13H2,1-2H3,(H,18,20). The van der Waals surface area contributed by atoms with Crippen molar-refractivity contribution in [1.29, 1.82) is 0 Å². The fraction of sp³-hybridized carbons (Fsp3) is 0.588. The number of amides is 1. The molecule has 1 aromatic rings. The first kappa shape index (κ1) is 16.6.